The minimum Gasteiger partial charge on any atom is -0.338 e. The van der Waals surface area contributed by atoms with Crippen LogP contribution < -0.4 is 11.1 Å². The molecule has 0 bridgehead atoms. The number of carbonyl (C=O) groups is 3. The second-order valence-corrected chi connectivity index (χ2v) is 9.75. The van der Waals surface area contributed by atoms with Gasteiger partial charge in [-0.3, -0.25) is 19.5 Å². The van der Waals surface area contributed by atoms with Gasteiger partial charge in [-0.2, -0.15) is 23.5 Å². The third-order valence-electron chi connectivity index (χ3n) is 6.54. The number of nitrogens with two attached hydrogens (primary N) is 1. The van der Waals surface area contributed by atoms with Gasteiger partial charge in [0.1, 0.15) is 0 Å². The molecule has 3 amide bonds. The van der Waals surface area contributed by atoms with Crippen molar-refractivity contribution in [1.82, 2.24) is 29.5 Å². The maximum atomic E-state index is 13.6. The summed E-state index contributed by atoms with van der Waals surface area (Å²) in [7, 11) is 1.36. The molecular formula is C25H25ClF3N9O3. The van der Waals surface area contributed by atoms with Crippen LogP contribution in [0.15, 0.2) is 24.4 Å². The maximum Gasteiger partial charge on any atom is 0.435 e. The van der Waals surface area contributed by atoms with Crippen LogP contribution in [0.5, 0.6) is 0 Å². The Kier molecular flexibility index (Phi) is 8.36. The van der Waals surface area contributed by atoms with E-state index in [1.807, 2.05) is 0 Å². The lowest BCUT2D eigenvalue weighted by atomic mass is 10.1. The van der Waals surface area contributed by atoms with Crippen molar-refractivity contribution in [1.29, 1.82) is 5.26 Å². The smallest absolute Gasteiger partial charge is 0.338 e. The molecule has 2 aromatic heterocycles. The molecule has 1 saturated heterocycles. The molecule has 0 radical (unpaired) electrons. The fourth-order valence-electron chi connectivity index (χ4n) is 4.46. The minimum atomic E-state index is -4.81. The van der Waals surface area contributed by atoms with Crippen LogP contribution in [0, 0.1) is 11.3 Å². The zero-order valence-electron chi connectivity index (χ0n) is 21.9. The number of halogens is 4. The van der Waals surface area contributed by atoms with Crippen LogP contribution >= 0.6 is 11.6 Å². The lowest BCUT2D eigenvalue weighted by molar-refractivity contribution is -0.140. The zero-order valence-corrected chi connectivity index (χ0v) is 22.7. The SMILES string of the molecule is C[C@H](N)C(=O)N1CCN(C(=O)c2ccc(NC(=O)c3ncc(-c4c(C(F)(F)F)n[nH]c4CC#N)n3C)cc2Cl)CC1. The van der Waals surface area contributed by atoms with Crippen molar-refractivity contribution in [3.05, 3.63) is 52.2 Å². The van der Waals surface area contributed by atoms with Gasteiger partial charge in [0.2, 0.25) is 5.91 Å². The third-order valence-corrected chi connectivity index (χ3v) is 6.85. The summed E-state index contributed by atoms with van der Waals surface area (Å²) in [5, 5.41) is 17.2. The molecule has 0 aliphatic carbocycles. The molecule has 3 aromatic rings. The van der Waals surface area contributed by atoms with Crippen LogP contribution in [0.2, 0.25) is 5.02 Å². The van der Waals surface area contributed by atoms with Crippen LogP contribution in [0.4, 0.5) is 18.9 Å². The number of amides is 3. The van der Waals surface area contributed by atoms with Gasteiger partial charge in [-0.1, -0.05) is 11.6 Å². The number of hydrogen-bond acceptors (Lipinski definition) is 7. The summed E-state index contributed by atoms with van der Waals surface area (Å²) in [5.74, 6) is -1.50. The summed E-state index contributed by atoms with van der Waals surface area (Å²) in [6.07, 6.45) is -4.09. The monoisotopic (exact) mass is 591 g/mol. The molecule has 1 aliphatic rings. The van der Waals surface area contributed by atoms with E-state index in [2.05, 4.69) is 20.5 Å². The third kappa shape index (κ3) is 6.03. The Bertz CT molecular complexity index is 1530. The first-order valence-electron chi connectivity index (χ1n) is 12.3. The molecule has 1 atom stereocenters. The van der Waals surface area contributed by atoms with Crippen molar-refractivity contribution in [2.45, 2.75) is 25.6 Å². The number of carbonyl (C=O) groups excluding carboxylic acids is 3. The van der Waals surface area contributed by atoms with E-state index in [-0.39, 0.29) is 57.3 Å². The van der Waals surface area contributed by atoms with E-state index in [1.54, 1.807) is 22.8 Å². The largest absolute Gasteiger partial charge is 0.435 e. The van der Waals surface area contributed by atoms with Gasteiger partial charge in [-0.25, -0.2) is 4.98 Å². The number of rotatable bonds is 6. The van der Waals surface area contributed by atoms with Crippen LogP contribution in [0.1, 0.15) is 39.3 Å². The summed E-state index contributed by atoms with van der Waals surface area (Å²) in [6, 6.07) is 5.43. The molecule has 12 nitrogen and oxygen atoms in total. The topological polar surface area (TPSA) is 166 Å². The molecule has 4 rings (SSSR count). The number of aromatic amines is 1. The fraction of sp³-hybridized carbons (Fsp3) is 0.360. The summed E-state index contributed by atoms with van der Waals surface area (Å²) in [5.41, 5.74) is 4.33. The summed E-state index contributed by atoms with van der Waals surface area (Å²) >= 11 is 6.36. The van der Waals surface area contributed by atoms with Gasteiger partial charge >= 0.3 is 6.18 Å². The van der Waals surface area contributed by atoms with E-state index in [4.69, 9.17) is 22.6 Å². The molecule has 0 unspecified atom stereocenters. The highest BCUT2D eigenvalue weighted by Crippen LogP contribution is 2.38. The zero-order chi connectivity index (χ0) is 30.1. The summed E-state index contributed by atoms with van der Waals surface area (Å²) in [6.45, 7) is 2.88. The Morgan fingerprint density at radius 2 is 1.88 bits per heavy atom. The first kappa shape index (κ1) is 29.6. The number of nitrogens with one attached hydrogen (secondary N) is 2. The van der Waals surface area contributed by atoms with Gasteiger partial charge in [-0.15, -0.1) is 0 Å². The van der Waals surface area contributed by atoms with E-state index < -0.39 is 23.8 Å². The van der Waals surface area contributed by atoms with Gasteiger partial charge in [0.15, 0.2) is 11.5 Å². The number of nitriles is 1. The molecule has 1 fully saturated rings. The van der Waals surface area contributed by atoms with Crippen molar-refractivity contribution < 1.29 is 27.6 Å². The highest BCUT2D eigenvalue weighted by molar-refractivity contribution is 6.34. The highest BCUT2D eigenvalue weighted by Gasteiger charge is 2.39. The number of imidazole rings is 1. The van der Waals surface area contributed by atoms with Crippen molar-refractivity contribution in [3.63, 3.8) is 0 Å². The standard InChI is InChI=1S/C25H25ClF3N9O3/c1-13(31)23(40)37-7-9-38(10-8-37)24(41)15-4-3-14(11-16(15)26)33-22(39)21-32-12-18(36(21)2)19-17(5-6-30)34-35-20(19)25(27,28)29/h3-4,11-13H,5,7-10,31H2,1-2H3,(H,33,39)(H,34,35)/t13-/m0/s1. The molecule has 3 heterocycles. The number of anilines is 1. The first-order valence-corrected chi connectivity index (χ1v) is 12.7. The van der Waals surface area contributed by atoms with Crippen LogP contribution in [-0.4, -0.2) is 79.5 Å². The van der Waals surface area contributed by atoms with E-state index >= 15 is 0 Å². The number of nitrogens with zero attached hydrogens (tertiary/aromatic N) is 6. The van der Waals surface area contributed by atoms with Gasteiger partial charge in [0.05, 0.1) is 52.3 Å². The number of piperazine rings is 1. The van der Waals surface area contributed by atoms with Gasteiger partial charge in [0.25, 0.3) is 11.8 Å². The van der Waals surface area contributed by atoms with Gasteiger partial charge in [-0.05, 0) is 25.1 Å². The van der Waals surface area contributed by atoms with Gasteiger partial charge < -0.3 is 25.4 Å². The lowest BCUT2D eigenvalue weighted by Gasteiger charge is -2.35. The fourth-order valence-corrected chi connectivity index (χ4v) is 4.72. The number of H-pyrrole nitrogens is 1. The highest BCUT2D eigenvalue weighted by atomic mass is 35.5. The van der Waals surface area contributed by atoms with Crippen molar-refractivity contribution in [2.75, 3.05) is 31.5 Å². The number of hydrogen-bond donors (Lipinski definition) is 3. The Hall–Kier alpha value is -4.42. The second kappa shape index (κ2) is 11.6. The lowest BCUT2D eigenvalue weighted by Crippen LogP contribution is -2.53. The molecule has 4 N–H and O–H groups in total. The predicted molar refractivity (Wildman–Crippen MR) is 141 cm³/mol. The summed E-state index contributed by atoms with van der Waals surface area (Å²) < 4.78 is 41.8. The van der Waals surface area contributed by atoms with Crippen molar-refractivity contribution in [3.8, 4) is 17.3 Å². The average Bonchev–Trinajstić information content (AvgIpc) is 3.51. The van der Waals surface area contributed by atoms with Crippen molar-refractivity contribution >= 4 is 35.0 Å². The molecule has 16 heteroatoms. The van der Waals surface area contributed by atoms with Crippen LogP contribution in [0.25, 0.3) is 11.3 Å². The Labute approximate surface area is 236 Å². The summed E-state index contributed by atoms with van der Waals surface area (Å²) in [4.78, 5) is 45.2. The Morgan fingerprint density at radius 1 is 1.22 bits per heavy atom. The molecule has 41 heavy (non-hydrogen) atoms. The Balaban J connectivity index is 1.49. The van der Waals surface area contributed by atoms with Crippen molar-refractivity contribution in [2.24, 2.45) is 12.8 Å². The molecule has 0 saturated carbocycles. The van der Waals surface area contributed by atoms with E-state index in [1.165, 1.54) is 25.2 Å². The second-order valence-electron chi connectivity index (χ2n) is 9.34. The molecule has 0 spiro atoms. The molecule has 1 aromatic carbocycles. The molecule has 1 aliphatic heterocycles. The normalized spacial score (nSPS) is 14.5. The van der Waals surface area contributed by atoms with E-state index in [9.17, 15) is 27.6 Å². The quantitative estimate of drug-likeness (QED) is 0.396. The Morgan fingerprint density at radius 3 is 2.46 bits per heavy atom. The van der Waals surface area contributed by atoms with Gasteiger partial charge in [0, 0.05) is 38.9 Å². The van der Waals surface area contributed by atoms with Crippen LogP contribution in [-0.2, 0) is 24.4 Å². The van der Waals surface area contributed by atoms with E-state index in [0.717, 1.165) is 10.8 Å². The predicted octanol–water partition coefficient (Wildman–Crippen LogP) is 2.43. The number of benzene rings is 1. The molecular weight excluding hydrogens is 567 g/mol. The number of alkyl halides is 3. The van der Waals surface area contributed by atoms with Crippen LogP contribution in [0.3, 0.4) is 0 Å². The molecule has 216 valence electrons. The first-order chi connectivity index (χ1) is 19.3. The number of aromatic nitrogens is 4. The maximum absolute atomic E-state index is 13.6. The van der Waals surface area contributed by atoms with E-state index in [0.29, 0.717) is 26.2 Å². The minimum absolute atomic E-state index is 0.0660. The average molecular weight is 592 g/mol.